The van der Waals surface area contributed by atoms with E-state index in [9.17, 15) is 15.0 Å². The summed E-state index contributed by atoms with van der Waals surface area (Å²) in [5, 5.41) is 24.4. The van der Waals surface area contributed by atoms with Gasteiger partial charge >= 0.3 is 0 Å². The van der Waals surface area contributed by atoms with Crippen molar-refractivity contribution in [3.05, 3.63) is 11.6 Å². The molecule has 2 unspecified atom stereocenters. The molecule has 2 aliphatic rings. The molecule has 1 saturated carbocycles. The number of hydrogen-bond acceptors (Lipinski definition) is 8. The smallest absolute Gasteiger partial charge is 0.226 e. The number of carbonyl (C=O) groups excluding carboxylic acids is 1. The van der Waals surface area contributed by atoms with Crippen molar-refractivity contribution in [2.45, 2.75) is 81.9 Å². The van der Waals surface area contributed by atoms with Crippen molar-refractivity contribution in [3.8, 4) is 0 Å². The number of imidazole rings is 1. The van der Waals surface area contributed by atoms with Crippen LogP contribution in [-0.4, -0.2) is 60.0 Å². The third kappa shape index (κ3) is 4.36. The van der Waals surface area contributed by atoms with Crippen molar-refractivity contribution in [2.24, 2.45) is 5.73 Å². The van der Waals surface area contributed by atoms with Gasteiger partial charge in [-0.3, -0.25) is 9.36 Å². The van der Waals surface area contributed by atoms with Crippen molar-refractivity contribution in [1.29, 1.82) is 0 Å². The van der Waals surface area contributed by atoms with Crippen molar-refractivity contribution in [3.63, 3.8) is 0 Å². The molecule has 10 nitrogen and oxygen atoms in total. The van der Waals surface area contributed by atoms with Gasteiger partial charge in [0.05, 0.1) is 12.4 Å². The fourth-order valence-corrected chi connectivity index (χ4v) is 4.46. The van der Waals surface area contributed by atoms with Crippen LogP contribution < -0.4 is 11.1 Å². The zero-order chi connectivity index (χ0) is 21.3. The first-order chi connectivity index (χ1) is 14.4. The second-order valence-corrected chi connectivity index (χ2v) is 8.39. The molecule has 2 aromatic heterocycles. The number of aliphatic hydroxyl groups excluding tert-OH is 2. The van der Waals surface area contributed by atoms with Crippen LogP contribution in [0.15, 0.2) is 6.33 Å². The number of ether oxygens (including phenoxy) is 1. The number of rotatable bonds is 7. The lowest BCUT2D eigenvalue weighted by Crippen LogP contribution is -2.31. The van der Waals surface area contributed by atoms with Gasteiger partial charge in [0.1, 0.15) is 12.2 Å². The fourth-order valence-electron chi connectivity index (χ4n) is 4.29. The molecule has 2 fully saturated rings. The summed E-state index contributed by atoms with van der Waals surface area (Å²) < 4.78 is 7.46. The second kappa shape index (κ2) is 9.01. The van der Waals surface area contributed by atoms with Crippen molar-refractivity contribution in [2.75, 3.05) is 5.32 Å². The first kappa shape index (κ1) is 21.2. The summed E-state index contributed by atoms with van der Waals surface area (Å²) in [6, 6.07) is 0.308. The van der Waals surface area contributed by atoms with Crippen LogP contribution in [0.25, 0.3) is 11.2 Å². The zero-order valence-corrected chi connectivity index (χ0v) is 17.3. The lowest BCUT2D eigenvalue weighted by molar-refractivity contribution is -0.118. The highest BCUT2D eigenvalue weighted by atomic mass is 35.5. The van der Waals surface area contributed by atoms with Crippen molar-refractivity contribution in [1.82, 2.24) is 19.5 Å². The number of amides is 1. The zero-order valence-electron chi connectivity index (χ0n) is 16.6. The maximum Gasteiger partial charge on any atom is 0.226 e. The van der Waals surface area contributed by atoms with Gasteiger partial charge in [-0.2, -0.15) is 9.97 Å². The molecule has 4 atom stereocenters. The Morgan fingerprint density at radius 2 is 2.03 bits per heavy atom. The van der Waals surface area contributed by atoms with E-state index in [1.807, 2.05) is 0 Å². The highest BCUT2D eigenvalue weighted by Crippen LogP contribution is 2.35. The molecule has 30 heavy (non-hydrogen) atoms. The molecular weight excluding hydrogens is 412 g/mol. The number of nitrogens with one attached hydrogen (secondary N) is 1. The van der Waals surface area contributed by atoms with Gasteiger partial charge in [-0.25, -0.2) is 4.98 Å². The van der Waals surface area contributed by atoms with E-state index in [1.54, 1.807) is 4.57 Å². The van der Waals surface area contributed by atoms with Gasteiger partial charge < -0.3 is 26.0 Å². The predicted octanol–water partition coefficient (Wildman–Crippen LogP) is 1.50. The Morgan fingerprint density at radius 3 is 2.77 bits per heavy atom. The lowest BCUT2D eigenvalue weighted by Gasteiger charge is -2.23. The summed E-state index contributed by atoms with van der Waals surface area (Å²) in [4.78, 5) is 24.0. The molecule has 11 heteroatoms. The topological polar surface area (TPSA) is 148 Å². The van der Waals surface area contributed by atoms with Gasteiger partial charge in [-0.1, -0.05) is 19.3 Å². The molecule has 1 saturated heterocycles. The van der Waals surface area contributed by atoms with E-state index in [0.29, 0.717) is 35.9 Å². The number of hydrogen-bond donors (Lipinski definition) is 4. The van der Waals surface area contributed by atoms with Crippen LogP contribution in [0.1, 0.15) is 57.6 Å². The van der Waals surface area contributed by atoms with Crippen LogP contribution >= 0.6 is 11.6 Å². The molecule has 5 N–H and O–H groups in total. The number of nitrogens with zero attached hydrogens (tertiary/aromatic N) is 4. The average Bonchev–Trinajstić information content (AvgIpc) is 3.24. The van der Waals surface area contributed by atoms with E-state index in [2.05, 4.69) is 20.3 Å². The van der Waals surface area contributed by atoms with E-state index in [4.69, 9.17) is 22.1 Å². The maximum absolute atomic E-state index is 10.9. The Hall–Kier alpha value is -2.01. The third-order valence-electron chi connectivity index (χ3n) is 5.86. The minimum absolute atomic E-state index is 0.0635. The summed E-state index contributed by atoms with van der Waals surface area (Å²) in [6.45, 7) is 0. The number of carbonyl (C=O) groups is 1. The number of aromatic nitrogens is 4. The lowest BCUT2D eigenvalue weighted by atomic mass is 9.95. The van der Waals surface area contributed by atoms with Gasteiger partial charge in [0.15, 0.2) is 23.2 Å². The van der Waals surface area contributed by atoms with Crippen molar-refractivity contribution < 1.29 is 19.7 Å². The third-order valence-corrected chi connectivity index (χ3v) is 6.03. The van der Waals surface area contributed by atoms with Gasteiger partial charge in [0, 0.05) is 12.5 Å². The molecule has 164 valence electrons. The van der Waals surface area contributed by atoms with Gasteiger partial charge in [0.25, 0.3) is 0 Å². The Kier molecular flexibility index (Phi) is 6.37. The normalized spacial score (nSPS) is 27.6. The molecule has 0 radical (unpaired) electrons. The van der Waals surface area contributed by atoms with Gasteiger partial charge in [0.2, 0.25) is 11.2 Å². The molecule has 1 aliphatic heterocycles. The van der Waals surface area contributed by atoms with Gasteiger partial charge in [-0.05, 0) is 37.3 Å². The molecule has 3 heterocycles. The van der Waals surface area contributed by atoms with Crippen LogP contribution in [0.4, 0.5) is 5.82 Å². The highest BCUT2D eigenvalue weighted by Gasteiger charge is 2.44. The summed E-state index contributed by atoms with van der Waals surface area (Å²) in [6.07, 6.45) is 4.50. The summed E-state index contributed by atoms with van der Waals surface area (Å²) in [5.74, 6) is 0.145. The fraction of sp³-hybridized carbons (Fsp3) is 0.684. The minimum atomic E-state index is -1.18. The van der Waals surface area contributed by atoms with E-state index < -0.39 is 30.4 Å². The molecule has 0 bridgehead atoms. The van der Waals surface area contributed by atoms with E-state index in [1.165, 1.54) is 25.6 Å². The molecule has 1 aliphatic carbocycles. The summed E-state index contributed by atoms with van der Waals surface area (Å²) in [5.41, 5.74) is 6.12. The van der Waals surface area contributed by atoms with E-state index >= 15 is 0 Å². The summed E-state index contributed by atoms with van der Waals surface area (Å²) in [7, 11) is 0. The van der Waals surface area contributed by atoms with Crippen LogP contribution in [0.2, 0.25) is 5.28 Å². The molecule has 4 rings (SSSR count). The largest absolute Gasteiger partial charge is 0.388 e. The highest BCUT2D eigenvalue weighted by molar-refractivity contribution is 6.28. The maximum atomic E-state index is 10.9. The van der Waals surface area contributed by atoms with Crippen LogP contribution in [0.3, 0.4) is 0 Å². The Morgan fingerprint density at radius 1 is 1.27 bits per heavy atom. The number of primary amides is 1. The number of nitrogens with two attached hydrogens (primary N) is 1. The van der Waals surface area contributed by atoms with E-state index in [-0.39, 0.29) is 11.7 Å². The standard InChI is InChI=1S/C19H27ClN6O4/c20-19-24-16(23-10-5-2-1-3-6-10)13-17(25-19)26(9-22-13)18-15(29)14(28)11(30-18)7-4-8-12(21)27/h9-11,14-15,18,28-29H,1-8H2,(H2,21,27)(H,23,24,25)/t11-,14?,15?,18-/m1/s1. The van der Waals surface area contributed by atoms with Gasteiger partial charge in [-0.15, -0.1) is 0 Å². The van der Waals surface area contributed by atoms with Crippen LogP contribution in [0.5, 0.6) is 0 Å². The second-order valence-electron chi connectivity index (χ2n) is 8.05. The number of fused-ring (bicyclic) bond motifs is 1. The Labute approximate surface area is 178 Å². The van der Waals surface area contributed by atoms with Crippen LogP contribution in [0, 0.1) is 0 Å². The Bertz CT molecular complexity index is 903. The van der Waals surface area contributed by atoms with Crippen molar-refractivity contribution >= 4 is 34.5 Å². The SMILES string of the molecule is NC(=O)CCC[C@H]1O[C@@H](n2cnc3c(NC4CCCCC4)nc(Cl)nc32)C(O)C1O. The predicted molar refractivity (Wildman–Crippen MR) is 110 cm³/mol. The molecule has 1 amide bonds. The number of anilines is 1. The quantitative estimate of drug-likeness (QED) is 0.475. The molecule has 2 aromatic rings. The summed E-state index contributed by atoms with van der Waals surface area (Å²) >= 11 is 6.17. The average molecular weight is 439 g/mol. The minimum Gasteiger partial charge on any atom is -0.388 e. The first-order valence-electron chi connectivity index (χ1n) is 10.4. The van der Waals surface area contributed by atoms with Crippen LogP contribution in [-0.2, 0) is 9.53 Å². The molecule has 0 aromatic carbocycles. The van der Waals surface area contributed by atoms with E-state index in [0.717, 1.165) is 12.8 Å². The monoisotopic (exact) mass is 438 g/mol. The number of aliphatic hydroxyl groups is 2. The first-order valence-corrected chi connectivity index (χ1v) is 10.8. The Balaban J connectivity index is 1.56. The molecule has 0 spiro atoms. The number of halogens is 1. The molecular formula is C19H27ClN6O4.